The molecular formula is C17H25N3O. The van der Waals surface area contributed by atoms with Crippen molar-refractivity contribution in [2.75, 3.05) is 6.54 Å². The van der Waals surface area contributed by atoms with Gasteiger partial charge in [-0.05, 0) is 37.5 Å². The van der Waals surface area contributed by atoms with E-state index in [1.165, 1.54) is 19.3 Å². The van der Waals surface area contributed by atoms with Gasteiger partial charge in [-0.25, -0.2) is 4.98 Å². The number of hydrogen-bond donors (Lipinski definition) is 1. The minimum absolute atomic E-state index is 0.0142. The topological polar surface area (TPSA) is 46.4 Å². The third-order valence-corrected chi connectivity index (χ3v) is 3.72. The van der Waals surface area contributed by atoms with Crippen molar-refractivity contribution in [3.05, 3.63) is 35.3 Å². The van der Waals surface area contributed by atoms with Gasteiger partial charge in [0.15, 0.2) is 0 Å². The van der Waals surface area contributed by atoms with E-state index in [-0.39, 0.29) is 5.91 Å². The van der Waals surface area contributed by atoms with E-state index in [0.29, 0.717) is 5.69 Å². The first-order valence-electron chi connectivity index (χ1n) is 7.93. The molecule has 0 unspecified atom stereocenters. The zero-order valence-corrected chi connectivity index (χ0v) is 13.3. The summed E-state index contributed by atoms with van der Waals surface area (Å²) in [6.45, 7) is 6.99. The van der Waals surface area contributed by atoms with Gasteiger partial charge >= 0.3 is 0 Å². The lowest BCUT2D eigenvalue weighted by Gasteiger charge is -2.06. The normalized spacial score (nSPS) is 11.0. The van der Waals surface area contributed by atoms with E-state index >= 15 is 0 Å². The van der Waals surface area contributed by atoms with Crippen molar-refractivity contribution in [1.29, 1.82) is 0 Å². The van der Waals surface area contributed by atoms with Gasteiger partial charge in [0.2, 0.25) is 0 Å². The monoisotopic (exact) mass is 287 g/mol. The van der Waals surface area contributed by atoms with Crippen molar-refractivity contribution in [2.24, 2.45) is 0 Å². The van der Waals surface area contributed by atoms with Crippen LogP contribution in [0.5, 0.6) is 0 Å². The zero-order chi connectivity index (χ0) is 15.2. The van der Waals surface area contributed by atoms with Gasteiger partial charge in [-0.2, -0.15) is 0 Å². The molecule has 0 fully saturated rings. The number of hydrogen-bond acceptors (Lipinski definition) is 2. The highest BCUT2D eigenvalue weighted by molar-refractivity contribution is 5.94. The number of pyridine rings is 1. The Bertz CT molecular complexity index is 616. The van der Waals surface area contributed by atoms with Gasteiger partial charge in [-0.15, -0.1) is 0 Å². The maximum Gasteiger partial charge on any atom is 0.270 e. The van der Waals surface area contributed by atoms with E-state index in [4.69, 9.17) is 0 Å². The molecule has 0 radical (unpaired) electrons. The Labute approximate surface area is 126 Å². The summed E-state index contributed by atoms with van der Waals surface area (Å²) >= 11 is 0. The molecule has 4 nitrogen and oxygen atoms in total. The van der Waals surface area contributed by atoms with Crippen LogP contribution in [0.1, 0.15) is 61.3 Å². The van der Waals surface area contributed by atoms with Gasteiger partial charge in [-0.3, -0.25) is 9.20 Å². The summed E-state index contributed by atoms with van der Waals surface area (Å²) in [4.78, 5) is 17.0. The largest absolute Gasteiger partial charge is 0.351 e. The number of carbonyl (C=O) groups excluding carboxylic acids is 1. The number of nitrogens with one attached hydrogen (secondary N) is 1. The lowest BCUT2D eigenvalue weighted by molar-refractivity contribution is 0.0946. The van der Waals surface area contributed by atoms with E-state index in [0.717, 1.165) is 36.3 Å². The molecule has 114 valence electrons. The molecule has 21 heavy (non-hydrogen) atoms. The van der Waals surface area contributed by atoms with E-state index in [1.807, 2.05) is 36.6 Å². The van der Waals surface area contributed by atoms with Gasteiger partial charge in [0.1, 0.15) is 11.3 Å². The highest BCUT2D eigenvalue weighted by Gasteiger charge is 2.17. The van der Waals surface area contributed by atoms with Gasteiger partial charge < -0.3 is 5.32 Å². The Morgan fingerprint density at radius 2 is 2.10 bits per heavy atom. The number of aromatic nitrogens is 2. The van der Waals surface area contributed by atoms with Crippen molar-refractivity contribution in [3.63, 3.8) is 0 Å². The van der Waals surface area contributed by atoms with Crippen LogP contribution < -0.4 is 5.32 Å². The van der Waals surface area contributed by atoms with Crippen LogP contribution in [-0.2, 0) is 6.42 Å². The SMILES string of the molecule is CCCCCCNC(=O)c1c(CC)nc2cc(C)ccn12. The fourth-order valence-electron chi connectivity index (χ4n) is 2.52. The summed E-state index contributed by atoms with van der Waals surface area (Å²) in [5.74, 6) is -0.0142. The molecule has 0 spiro atoms. The molecule has 0 aromatic carbocycles. The second-order valence-corrected chi connectivity index (χ2v) is 5.51. The van der Waals surface area contributed by atoms with Crippen molar-refractivity contribution >= 4 is 11.6 Å². The van der Waals surface area contributed by atoms with Gasteiger partial charge in [0.05, 0.1) is 5.69 Å². The first-order valence-corrected chi connectivity index (χ1v) is 7.93. The van der Waals surface area contributed by atoms with Gasteiger partial charge in [0, 0.05) is 12.7 Å². The number of imidazole rings is 1. The lowest BCUT2D eigenvalue weighted by atomic mass is 10.2. The zero-order valence-electron chi connectivity index (χ0n) is 13.3. The summed E-state index contributed by atoms with van der Waals surface area (Å²) in [7, 11) is 0. The second kappa shape index (κ2) is 7.25. The van der Waals surface area contributed by atoms with E-state index < -0.39 is 0 Å². The summed E-state index contributed by atoms with van der Waals surface area (Å²) < 4.78 is 1.90. The molecular weight excluding hydrogens is 262 g/mol. The molecule has 2 rings (SSSR count). The van der Waals surface area contributed by atoms with Crippen LogP contribution >= 0.6 is 0 Å². The number of rotatable bonds is 7. The average Bonchev–Trinajstić information content (AvgIpc) is 2.84. The molecule has 1 N–H and O–H groups in total. The summed E-state index contributed by atoms with van der Waals surface area (Å²) in [6.07, 6.45) is 7.34. The molecule has 1 amide bonds. The van der Waals surface area contributed by atoms with Crippen molar-refractivity contribution in [2.45, 2.75) is 52.9 Å². The molecule has 0 aliphatic carbocycles. The maximum absolute atomic E-state index is 12.4. The Hall–Kier alpha value is -1.84. The molecule has 0 bridgehead atoms. The number of unbranched alkanes of at least 4 members (excludes halogenated alkanes) is 3. The van der Waals surface area contributed by atoms with Crippen LogP contribution in [-0.4, -0.2) is 21.8 Å². The van der Waals surface area contributed by atoms with E-state index in [1.54, 1.807) is 0 Å². The highest BCUT2D eigenvalue weighted by Crippen LogP contribution is 2.15. The third kappa shape index (κ3) is 3.63. The predicted octanol–water partition coefficient (Wildman–Crippen LogP) is 3.52. The first-order chi connectivity index (χ1) is 10.2. The van der Waals surface area contributed by atoms with E-state index in [9.17, 15) is 4.79 Å². The van der Waals surface area contributed by atoms with Crippen LogP contribution in [0.25, 0.3) is 5.65 Å². The number of amides is 1. The first kappa shape index (κ1) is 15.5. The summed E-state index contributed by atoms with van der Waals surface area (Å²) in [5.41, 5.74) is 3.55. The highest BCUT2D eigenvalue weighted by atomic mass is 16.1. The second-order valence-electron chi connectivity index (χ2n) is 5.51. The Morgan fingerprint density at radius 3 is 2.81 bits per heavy atom. The molecule has 0 saturated heterocycles. The minimum atomic E-state index is -0.0142. The van der Waals surface area contributed by atoms with Crippen LogP contribution in [0.3, 0.4) is 0 Å². The molecule has 2 aromatic heterocycles. The number of carbonyl (C=O) groups is 1. The third-order valence-electron chi connectivity index (χ3n) is 3.72. The van der Waals surface area contributed by atoms with Crippen LogP contribution in [0.2, 0.25) is 0 Å². The summed E-state index contributed by atoms with van der Waals surface area (Å²) in [6, 6.07) is 4.02. The van der Waals surface area contributed by atoms with E-state index in [2.05, 4.69) is 17.2 Å². The lowest BCUT2D eigenvalue weighted by Crippen LogP contribution is -2.26. The molecule has 0 aliphatic heterocycles. The molecule has 4 heteroatoms. The quantitative estimate of drug-likeness (QED) is 0.792. The van der Waals surface area contributed by atoms with Crippen molar-refractivity contribution < 1.29 is 4.79 Å². The van der Waals surface area contributed by atoms with Crippen molar-refractivity contribution in [1.82, 2.24) is 14.7 Å². The van der Waals surface area contributed by atoms with Crippen LogP contribution in [0.4, 0.5) is 0 Å². The average molecular weight is 287 g/mol. The molecule has 0 aliphatic rings. The smallest absolute Gasteiger partial charge is 0.270 e. The molecule has 0 saturated carbocycles. The Balaban J connectivity index is 2.14. The standard InChI is InChI=1S/C17H25N3O/c1-4-6-7-8-10-18-17(21)16-14(5-2)19-15-12-13(3)9-11-20(15)16/h9,11-12H,4-8,10H2,1-3H3,(H,18,21). The predicted molar refractivity (Wildman–Crippen MR) is 85.8 cm³/mol. The Morgan fingerprint density at radius 1 is 1.29 bits per heavy atom. The number of fused-ring (bicyclic) bond motifs is 1. The maximum atomic E-state index is 12.4. The van der Waals surface area contributed by atoms with Crippen molar-refractivity contribution in [3.8, 4) is 0 Å². The molecule has 2 heterocycles. The fraction of sp³-hybridized carbons (Fsp3) is 0.529. The van der Waals surface area contributed by atoms with Crippen LogP contribution in [0, 0.1) is 6.92 Å². The van der Waals surface area contributed by atoms with Crippen LogP contribution in [0.15, 0.2) is 18.3 Å². The minimum Gasteiger partial charge on any atom is -0.351 e. The van der Waals surface area contributed by atoms with Gasteiger partial charge in [0.25, 0.3) is 5.91 Å². The summed E-state index contributed by atoms with van der Waals surface area (Å²) in [5, 5.41) is 3.03. The number of nitrogens with zero attached hydrogens (tertiary/aromatic N) is 2. The molecule has 0 atom stereocenters. The van der Waals surface area contributed by atoms with Gasteiger partial charge in [-0.1, -0.05) is 33.1 Å². The molecule has 2 aromatic rings. The fourth-order valence-corrected chi connectivity index (χ4v) is 2.52. The Kier molecular flexibility index (Phi) is 5.37. The number of aryl methyl sites for hydroxylation is 2.